The average molecular weight is 344 g/mol. The molecule has 0 atom stereocenters. The molecular formula is C15H18ClNO6. The van der Waals surface area contributed by atoms with Gasteiger partial charge in [-0.1, -0.05) is 17.7 Å². The minimum absolute atomic E-state index is 0.0557. The summed E-state index contributed by atoms with van der Waals surface area (Å²) in [7, 11) is 0. The average Bonchev–Trinajstić information content (AvgIpc) is 2.49. The Bertz CT molecular complexity index is 571. The highest BCUT2D eigenvalue weighted by molar-refractivity contribution is 6.30. The number of ether oxygens (including phenoxy) is 2. The second-order valence-corrected chi connectivity index (χ2v) is 5.06. The molecule has 0 aliphatic rings. The maximum atomic E-state index is 11.9. The molecule has 0 aliphatic heterocycles. The zero-order valence-electron chi connectivity index (χ0n) is 12.9. The van der Waals surface area contributed by atoms with E-state index in [2.05, 4.69) is 0 Å². The van der Waals surface area contributed by atoms with E-state index in [4.69, 9.17) is 21.1 Å². The van der Waals surface area contributed by atoms with Crippen LogP contribution in [0.25, 0.3) is 0 Å². The first kappa shape index (κ1) is 18.9. The third-order valence-electron chi connectivity index (χ3n) is 3.09. The lowest BCUT2D eigenvalue weighted by Crippen LogP contribution is -2.28. The van der Waals surface area contributed by atoms with Crippen molar-refractivity contribution in [1.29, 1.82) is 0 Å². The van der Waals surface area contributed by atoms with Gasteiger partial charge >= 0.3 is 11.9 Å². The maximum Gasteiger partial charge on any atom is 0.320 e. The number of hydrogen-bond donors (Lipinski definition) is 0. The normalized spacial score (nSPS) is 10.4. The van der Waals surface area contributed by atoms with Crippen molar-refractivity contribution in [2.24, 2.45) is 5.92 Å². The Morgan fingerprint density at radius 2 is 1.78 bits per heavy atom. The van der Waals surface area contributed by atoms with Crippen LogP contribution in [-0.2, 0) is 25.5 Å². The summed E-state index contributed by atoms with van der Waals surface area (Å²) in [6, 6.07) is 4.27. The van der Waals surface area contributed by atoms with Gasteiger partial charge in [-0.05, 0) is 32.8 Å². The Morgan fingerprint density at radius 3 is 2.26 bits per heavy atom. The molecule has 0 aromatic heterocycles. The van der Waals surface area contributed by atoms with E-state index in [0.29, 0.717) is 5.56 Å². The number of rotatable bonds is 8. The van der Waals surface area contributed by atoms with Gasteiger partial charge < -0.3 is 9.47 Å². The molecule has 0 N–H and O–H groups in total. The fraction of sp³-hybridized carbons (Fsp3) is 0.467. The topological polar surface area (TPSA) is 95.7 Å². The van der Waals surface area contributed by atoms with Crippen LogP contribution < -0.4 is 0 Å². The van der Waals surface area contributed by atoms with Crippen LogP contribution in [0.15, 0.2) is 18.2 Å². The van der Waals surface area contributed by atoms with Crippen molar-refractivity contribution in [3.63, 3.8) is 0 Å². The van der Waals surface area contributed by atoms with Gasteiger partial charge in [0.15, 0.2) is 5.92 Å². The largest absolute Gasteiger partial charge is 0.465 e. The number of aryl methyl sites for hydroxylation is 1. The van der Waals surface area contributed by atoms with Crippen molar-refractivity contribution in [2.45, 2.75) is 26.7 Å². The molecule has 0 unspecified atom stereocenters. The fourth-order valence-corrected chi connectivity index (χ4v) is 2.20. The third-order valence-corrected chi connectivity index (χ3v) is 3.32. The zero-order valence-corrected chi connectivity index (χ0v) is 13.7. The first-order valence-electron chi connectivity index (χ1n) is 7.16. The van der Waals surface area contributed by atoms with Crippen LogP contribution in [0.4, 0.5) is 5.69 Å². The van der Waals surface area contributed by atoms with E-state index in [1.54, 1.807) is 13.8 Å². The Labute approximate surface area is 138 Å². The van der Waals surface area contributed by atoms with Gasteiger partial charge in [-0.2, -0.15) is 0 Å². The molecule has 0 spiro atoms. The van der Waals surface area contributed by atoms with Gasteiger partial charge in [0.2, 0.25) is 0 Å². The number of nitro benzene ring substituents is 1. The van der Waals surface area contributed by atoms with E-state index in [0.717, 1.165) is 0 Å². The fourth-order valence-electron chi connectivity index (χ4n) is 2.04. The SMILES string of the molecule is CCOC(=O)C(CCc1ccc(Cl)cc1[N+](=O)[O-])C(=O)OCC. The molecule has 1 aromatic carbocycles. The van der Waals surface area contributed by atoms with Crippen LogP contribution in [0.5, 0.6) is 0 Å². The highest BCUT2D eigenvalue weighted by Gasteiger charge is 2.30. The molecule has 0 radical (unpaired) electrons. The standard InChI is InChI=1S/C15H18ClNO6/c1-3-22-14(18)12(15(19)23-4-2)8-6-10-5-7-11(16)9-13(10)17(20)21/h5,7,9,12H,3-4,6,8H2,1-2H3. The third kappa shape index (κ3) is 5.52. The summed E-state index contributed by atoms with van der Waals surface area (Å²) in [5, 5.41) is 11.3. The highest BCUT2D eigenvalue weighted by atomic mass is 35.5. The molecule has 0 saturated heterocycles. The molecule has 0 amide bonds. The van der Waals surface area contributed by atoms with Crippen molar-refractivity contribution >= 4 is 29.2 Å². The van der Waals surface area contributed by atoms with Gasteiger partial charge in [0.25, 0.3) is 5.69 Å². The molecule has 1 aromatic rings. The van der Waals surface area contributed by atoms with Crippen molar-refractivity contribution in [1.82, 2.24) is 0 Å². The van der Waals surface area contributed by atoms with Crippen LogP contribution in [0, 0.1) is 16.0 Å². The summed E-state index contributed by atoms with van der Waals surface area (Å²) in [6.45, 7) is 3.53. The van der Waals surface area contributed by atoms with E-state index < -0.39 is 22.8 Å². The molecule has 0 heterocycles. The number of hydrogen-bond acceptors (Lipinski definition) is 6. The maximum absolute atomic E-state index is 11.9. The first-order chi connectivity index (χ1) is 10.9. The Kier molecular flexibility index (Phi) is 7.47. The van der Waals surface area contributed by atoms with Crippen molar-refractivity contribution in [2.75, 3.05) is 13.2 Å². The number of esters is 2. The number of carbonyl (C=O) groups is 2. The lowest BCUT2D eigenvalue weighted by atomic mass is 9.98. The summed E-state index contributed by atoms with van der Waals surface area (Å²) in [6.07, 6.45) is 0.204. The van der Waals surface area contributed by atoms with Crippen LogP contribution in [0.2, 0.25) is 5.02 Å². The van der Waals surface area contributed by atoms with Gasteiger partial charge in [0.1, 0.15) is 0 Å². The predicted molar refractivity (Wildman–Crippen MR) is 83.2 cm³/mol. The molecule has 0 bridgehead atoms. The molecule has 1 rings (SSSR count). The van der Waals surface area contributed by atoms with Gasteiger partial charge in [-0.15, -0.1) is 0 Å². The van der Waals surface area contributed by atoms with Crippen LogP contribution in [0.3, 0.4) is 0 Å². The van der Waals surface area contributed by atoms with Gasteiger partial charge in [-0.3, -0.25) is 19.7 Å². The number of carbonyl (C=O) groups excluding carboxylic acids is 2. The van der Waals surface area contributed by atoms with Crippen LogP contribution >= 0.6 is 11.6 Å². The summed E-state index contributed by atoms with van der Waals surface area (Å²) < 4.78 is 9.72. The van der Waals surface area contributed by atoms with E-state index in [-0.39, 0.29) is 36.8 Å². The van der Waals surface area contributed by atoms with E-state index in [9.17, 15) is 19.7 Å². The van der Waals surface area contributed by atoms with Crippen LogP contribution in [-0.4, -0.2) is 30.1 Å². The number of nitrogens with zero attached hydrogens (tertiary/aromatic N) is 1. The Morgan fingerprint density at radius 1 is 1.22 bits per heavy atom. The summed E-state index contributed by atoms with van der Waals surface area (Å²) >= 11 is 5.75. The summed E-state index contributed by atoms with van der Waals surface area (Å²) in [4.78, 5) is 34.3. The second kappa shape index (κ2) is 9.09. The highest BCUT2D eigenvalue weighted by Crippen LogP contribution is 2.25. The van der Waals surface area contributed by atoms with Crippen molar-refractivity contribution in [3.05, 3.63) is 38.9 Å². The second-order valence-electron chi connectivity index (χ2n) is 4.63. The molecule has 0 aliphatic carbocycles. The minimum atomic E-state index is -1.11. The monoisotopic (exact) mass is 343 g/mol. The molecule has 0 fully saturated rings. The lowest BCUT2D eigenvalue weighted by Gasteiger charge is -2.14. The number of benzene rings is 1. The lowest BCUT2D eigenvalue weighted by molar-refractivity contribution is -0.385. The first-order valence-corrected chi connectivity index (χ1v) is 7.54. The number of nitro groups is 1. The molecule has 7 nitrogen and oxygen atoms in total. The molecule has 23 heavy (non-hydrogen) atoms. The molecular weight excluding hydrogens is 326 g/mol. The Hall–Kier alpha value is -2.15. The van der Waals surface area contributed by atoms with E-state index in [1.807, 2.05) is 0 Å². The molecule has 126 valence electrons. The summed E-state index contributed by atoms with van der Waals surface area (Å²) in [5.74, 6) is -2.49. The van der Waals surface area contributed by atoms with Crippen molar-refractivity contribution in [3.8, 4) is 0 Å². The number of halogens is 1. The summed E-state index contributed by atoms with van der Waals surface area (Å²) in [5.41, 5.74) is 0.238. The molecule has 8 heteroatoms. The van der Waals surface area contributed by atoms with E-state index in [1.165, 1.54) is 18.2 Å². The minimum Gasteiger partial charge on any atom is -0.465 e. The Balaban J connectivity index is 2.91. The van der Waals surface area contributed by atoms with E-state index >= 15 is 0 Å². The van der Waals surface area contributed by atoms with Crippen LogP contribution in [0.1, 0.15) is 25.8 Å². The zero-order chi connectivity index (χ0) is 17.4. The van der Waals surface area contributed by atoms with Gasteiger partial charge in [0.05, 0.1) is 18.1 Å². The smallest absolute Gasteiger partial charge is 0.320 e. The van der Waals surface area contributed by atoms with Gasteiger partial charge in [0, 0.05) is 16.7 Å². The van der Waals surface area contributed by atoms with Gasteiger partial charge in [-0.25, -0.2) is 0 Å². The molecule has 0 saturated carbocycles. The predicted octanol–water partition coefficient (Wildman–Crippen LogP) is 2.92. The quantitative estimate of drug-likeness (QED) is 0.311. The van der Waals surface area contributed by atoms with Crippen molar-refractivity contribution < 1.29 is 24.0 Å².